The Kier molecular flexibility index (Phi) is 6.23. The summed E-state index contributed by atoms with van der Waals surface area (Å²) in [5.41, 5.74) is 2.42. The predicted molar refractivity (Wildman–Crippen MR) is 77.1 cm³/mol. The van der Waals surface area contributed by atoms with Crippen LogP contribution in [0.2, 0.25) is 0 Å². The van der Waals surface area contributed by atoms with E-state index in [1.807, 2.05) is 0 Å². The molecule has 0 saturated carbocycles. The summed E-state index contributed by atoms with van der Waals surface area (Å²) in [4.78, 5) is 12.0. The molecular weight excluding hydrogens is 224 g/mol. The summed E-state index contributed by atoms with van der Waals surface area (Å²) in [5.74, 6) is 0.562. The maximum atomic E-state index is 12.0. The molecule has 1 heterocycles. The maximum absolute atomic E-state index is 12.0. The summed E-state index contributed by atoms with van der Waals surface area (Å²) in [6, 6.07) is 0. The Labute approximate surface area is 111 Å². The van der Waals surface area contributed by atoms with Crippen LogP contribution in [0.15, 0.2) is 4.79 Å². The van der Waals surface area contributed by atoms with Gasteiger partial charge >= 0.3 is 0 Å². The first kappa shape index (κ1) is 15.1. The fourth-order valence-corrected chi connectivity index (χ4v) is 2.31. The van der Waals surface area contributed by atoms with Crippen molar-refractivity contribution in [2.45, 2.75) is 72.8 Å². The standard InChI is InChI=1S/C15H28N2O/c1-5-7-9-13-14(10-8-6-2)17(11-12(3)4)16-15(13)18/h12H,5-11H2,1-4H3,(H,16,18). The second kappa shape index (κ2) is 7.45. The molecule has 1 rings (SSSR count). The molecule has 0 atom stereocenters. The summed E-state index contributed by atoms with van der Waals surface area (Å²) >= 11 is 0. The zero-order valence-corrected chi connectivity index (χ0v) is 12.4. The number of rotatable bonds is 8. The molecule has 0 spiro atoms. The molecular formula is C15H28N2O. The number of aromatic nitrogens is 2. The van der Waals surface area contributed by atoms with Crippen LogP contribution in [-0.2, 0) is 19.4 Å². The third-order valence-corrected chi connectivity index (χ3v) is 3.28. The number of nitrogens with one attached hydrogen (secondary N) is 1. The van der Waals surface area contributed by atoms with Crippen LogP contribution >= 0.6 is 0 Å². The third-order valence-electron chi connectivity index (χ3n) is 3.28. The number of aromatic amines is 1. The van der Waals surface area contributed by atoms with E-state index in [1.165, 1.54) is 12.1 Å². The van der Waals surface area contributed by atoms with Gasteiger partial charge in [-0.2, -0.15) is 0 Å². The second-order valence-corrected chi connectivity index (χ2v) is 5.58. The van der Waals surface area contributed by atoms with E-state index >= 15 is 0 Å². The molecule has 18 heavy (non-hydrogen) atoms. The molecule has 1 aromatic rings. The van der Waals surface area contributed by atoms with Crippen LogP contribution in [0.1, 0.15) is 64.6 Å². The summed E-state index contributed by atoms with van der Waals surface area (Å²) in [7, 11) is 0. The molecule has 3 nitrogen and oxygen atoms in total. The largest absolute Gasteiger partial charge is 0.289 e. The Bertz CT molecular complexity index is 401. The zero-order valence-electron chi connectivity index (χ0n) is 12.4. The topological polar surface area (TPSA) is 37.8 Å². The normalized spacial score (nSPS) is 11.4. The highest BCUT2D eigenvalue weighted by atomic mass is 16.1. The van der Waals surface area contributed by atoms with Crippen LogP contribution < -0.4 is 5.56 Å². The lowest BCUT2D eigenvalue weighted by Gasteiger charge is -2.12. The van der Waals surface area contributed by atoms with Gasteiger partial charge in [0.15, 0.2) is 0 Å². The van der Waals surface area contributed by atoms with Gasteiger partial charge in [-0.3, -0.25) is 14.6 Å². The average Bonchev–Trinajstić information content (AvgIpc) is 2.59. The van der Waals surface area contributed by atoms with E-state index < -0.39 is 0 Å². The average molecular weight is 252 g/mol. The van der Waals surface area contributed by atoms with Crippen LogP contribution in [-0.4, -0.2) is 9.78 Å². The quantitative estimate of drug-likeness (QED) is 0.755. The van der Waals surface area contributed by atoms with Gasteiger partial charge in [0.2, 0.25) is 0 Å². The Morgan fingerprint density at radius 3 is 2.28 bits per heavy atom. The van der Waals surface area contributed by atoms with Crippen molar-refractivity contribution < 1.29 is 0 Å². The van der Waals surface area contributed by atoms with Crippen molar-refractivity contribution in [1.82, 2.24) is 9.78 Å². The molecule has 1 aromatic heterocycles. The van der Waals surface area contributed by atoms with Crippen LogP contribution in [0.3, 0.4) is 0 Å². The molecule has 0 aromatic carbocycles. The van der Waals surface area contributed by atoms with Crippen LogP contribution in [0.5, 0.6) is 0 Å². The molecule has 0 saturated heterocycles. The van der Waals surface area contributed by atoms with Crippen LogP contribution in [0.4, 0.5) is 0 Å². The summed E-state index contributed by atoms with van der Waals surface area (Å²) < 4.78 is 2.09. The second-order valence-electron chi connectivity index (χ2n) is 5.58. The van der Waals surface area contributed by atoms with E-state index in [2.05, 4.69) is 37.5 Å². The van der Waals surface area contributed by atoms with E-state index in [0.29, 0.717) is 5.92 Å². The van der Waals surface area contributed by atoms with Gasteiger partial charge in [-0.15, -0.1) is 0 Å². The number of hydrogen-bond acceptors (Lipinski definition) is 1. The number of nitrogens with zero attached hydrogens (tertiary/aromatic N) is 1. The lowest BCUT2D eigenvalue weighted by molar-refractivity contribution is 0.463. The van der Waals surface area contributed by atoms with Gasteiger partial charge in [0.05, 0.1) is 0 Å². The maximum Gasteiger partial charge on any atom is 0.267 e. The van der Waals surface area contributed by atoms with Crippen LogP contribution in [0.25, 0.3) is 0 Å². The number of H-pyrrole nitrogens is 1. The van der Waals surface area contributed by atoms with E-state index in [0.717, 1.165) is 44.2 Å². The van der Waals surface area contributed by atoms with Gasteiger partial charge in [-0.1, -0.05) is 40.5 Å². The van der Waals surface area contributed by atoms with Gasteiger partial charge in [-0.05, 0) is 31.6 Å². The van der Waals surface area contributed by atoms with E-state index in [1.54, 1.807) is 0 Å². The first-order valence-corrected chi connectivity index (χ1v) is 7.40. The zero-order chi connectivity index (χ0) is 13.5. The first-order chi connectivity index (χ1) is 8.60. The Morgan fingerprint density at radius 1 is 1.11 bits per heavy atom. The highest BCUT2D eigenvalue weighted by molar-refractivity contribution is 5.18. The molecule has 0 radical (unpaired) electrons. The Hall–Kier alpha value is -0.990. The highest BCUT2D eigenvalue weighted by Gasteiger charge is 2.14. The van der Waals surface area contributed by atoms with Crippen molar-refractivity contribution in [1.29, 1.82) is 0 Å². The van der Waals surface area contributed by atoms with Gasteiger partial charge in [0.25, 0.3) is 5.56 Å². The van der Waals surface area contributed by atoms with Crippen molar-refractivity contribution in [2.24, 2.45) is 5.92 Å². The molecule has 0 unspecified atom stereocenters. The summed E-state index contributed by atoms with van der Waals surface area (Å²) in [6.07, 6.45) is 6.54. The van der Waals surface area contributed by atoms with Crippen molar-refractivity contribution in [3.05, 3.63) is 21.6 Å². The Morgan fingerprint density at radius 2 is 1.72 bits per heavy atom. The van der Waals surface area contributed by atoms with Crippen molar-refractivity contribution >= 4 is 0 Å². The van der Waals surface area contributed by atoms with Gasteiger partial charge in [0.1, 0.15) is 0 Å². The molecule has 0 bridgehead atoms. The third kappa shape index (κ3) is 4.04. The molecule has 3 heteroatoms. The van der Waals surface area contributed by atoms with Crippen molar-refractivity contribution in [2.75, 3.05) is 0 Å². The van der Waals surface area contributed by atoms with E-state index in [4.69, 9.17) is 0 Å². The van der Waals surface area contributed by atoms with E-state index in [9.17, 15) is 4.79 Å². The Balaban J connectivity index is 2.98. The van der Waals surface area contributed by atoms with Gasteiger partial charge in [-0.25, -0.2) is 0 Å². The summed E-state index contributed by atoms with van der Waals surface area (Å²) in [5, 5.41) is 3.02. The minimum Gasteiger partial charge on any atom is -0.289 e. The van der Waals surface area contributed by atoms with Crippen molar-refractivity contribution in [3.63, 3.8) is 0 Å². The fourth-order valence-electron chi connectivity index (χ4n) is 2.31. The molecule has 1 N–H and O–H groups in total. The van der Waals surface area contributed by atoms with Gasteiger partial charge in [0, 0.05) is 17.8 Å². The lowest BCUT2D eigenvalue weighted by atomic mass is 10.0. The molecule has 0 amide bonds. The molecule has 104 valence electrons. The number of unbranched alkanes of at least 4 members (excludes halogenated alkanes) is 2. The fraction of sp³-hybridized carbons (Fsp3) is 0.800. The summed E-state index contributed by atoms with van der Waals surface area (Å²) in [6.45, 7) is 9.66. The molecule has 0 fully saturated rings. The minimum atomic E-state index is 0.134. The highest BCUT2D eigenvalue weighted by Crippen LogP contribution is 2.13. The molecule has 0 aliphatic rings. The van der Waals surface area contributed by atoms with Gasteiger partial charge < -0.3 is 0 Å². The van der Waals surface area contributed by atoms with Crippen molar-refractivity contribution in [3.8, 4) is 0 Å². The van der Waals surface area contributed by atoms with E-state index in [-0.39, 0.29) is 5.56 Å². The number of hydrogen-bond donors (Lipinski definition) is 1. The smallest absolute Gasteiger partial charge is 0.267 e. The monoisotopic (exact) mass is 252 g/mol. The molecule has 0 aliphatic heterocycles. The van der Waals surface area contributed by atoms with Crippen LogP contribution in [0, 0.1) is 5.92 Å². The lowest BCUT2D eigenvalue weighted by Crippen LogP contribution is -2.11. The molecule has 0 aliphatic carbocycles. The first-order valence-electron chi connectivity index (χ1n) is 7.40. The predicted octanol–water partition coefficient (Wildman–Crippen LogP) is 3.52. The SMILES string of the molecule is CCCCc1c(CCCC)n(CC(C)C)[nH]c1=O. The minimum absolute atomic E-state index is 0.134.